The molecule has 0 radical (unpaired) electrons. The van der Waals surface area contributed by atoms with E-state index in [0.717, 1.165) is 23.1 Å². The van der Waals surface area contributed by atoms with Crippen molar-refractivity contribution in [1.29, 1.82) is 0 Å². The monoisotopic (exact) mass is 270 g/mol. The second-order valence-corrected chi connectivity index (χ2v) is 5.86. The Morgan fingerprint density at radius 1 is 1.35 bits per heavy atom. The van der Waals surface area contributed by atoms with Crippen molar-refractivity contribution in [1.82, 2.24) is 0 Å². The fourth-order valence-electron chi connectivity index (χ4n) is 2.66. The van der Waals surface area contributed by atoms with Crippen molar-refractivity contribution < 1.29 is 4.42 Å². The van der Waals surface area contributed by atoms with E-state index in [2.05, 4.69) is 49.5 Å². The van der Waals surface area contributed by atoms with Crippen LogP contribution >= 0.6 is 0 Å². The minimum Gasteiger partial charge on any atom is -0.464 e. The van der Waals surface area contributed by atoms with Crippen LogP contribution in [0, 0.1) is 12.8 Å². The van der Waals surface area contributed by atoms with Gasteiger partial charge in [0, 0.05) is 18.2 Å². The van der Waals surface area contributed by atoms with Gasteiger partial charge in [-0.25, -0.2) is 0 Å². The molecule has 1 aliphatic rings. The Kier molecular flexibility index (Phi) is 3.53. The van der Waals surface area contributed by atoms with E-state index < -0.39 is 0 Å². The van der Waals surface area contributed by atoms with Crippen LogP contribution in [0.15, 0.2) is 40.8 Å². The maximum absolute atomic E-state index is 5.99. The standard InChI is InChI=1S/C17H22N2O/c1-11-4-3-5-13(8-11)19-15(10-18)17-7-6-16(20-17)14-9-12(14)2/h3-8,12,14-15,19H,9-10,18H2,1-2H3. The van der Waals surface area contributed by atoms with Crippen LogP contribution < -0.4 is 11.1 Å². The number of furan rings is 1. The Morgan fingerprint density at radius 3 is 2.80 bits per heavy atom. The molecule has 3 unspecified atom stereocenters. The highest BCUT2D eigenvalue weighted by atomic mass is 16.3. The number of anilines is 1. The molecule has 1 fully saturated rings. The Bertz CT molecular complexity index is 590. The van der Waals surface area contributed by atoms with Crippen molar-refractivity contribution >= 4 is 5.69 Å². The van der Waals surface area contributed by atoms with Gasteiger partial charge in [-0.1, -0.05) is 19.1 Å². The molecular formula is C17H22N2O. The van der Waals surface area contributed by atoms with Crippen LogP contribution in [0.5, 0.6) is 0 Å². The number of nitrogens with two attached hydrogens (primary N) is 1. The molecule has 1 saturated carbocycles. The molecule has 3 nitrogen and oxygen atoms in total. The summed E-state index contributed by atoms with van der Waals surface area (Å²) < 4.78 is 5.99. The van der Waals surface area contributed by atoms with Gasteiger partial charge in [-0.05, 0) is 49.1 Å². The molecule has 3 heteroatoms. The second kappa shape index (κ2) is 5.33. The molecule has 2 aromatic rings. The molecule has 0 bridgehead atoms. The van der Waals surface area contributed by atoms with Gasteiger partial charge in [0.15, 0.2) is 0 Å². The lowest BCUT2D eigenvalue weighted by Gasteiger charge is -2.16. The molecule has 106 valence electrons. The van der Waals surface area contributed by atoms with E-state index in [1.807, 2.05) is 6.07 Å². The van der Waals surface area contributed by atoms with E-state index >= 15 is 0 Å². The van der Waals surface area contributed by atoms with E-state index in [9.17, 15) is 0 Å². The third-order valence-electron chi connectivity index (χ3n) is 4.06. The summed E-state index contributed by atoms with van der Waals surface area (Å²) in [6.07, 6.45) is 1.24. The average Bonchev–Trinajstić information content (AvgIpc) is 2.98. The van der Waals surface area contributed by atoms with Gasteiger partial charge in [0.25, 0.3) is 0 Å². The fourth-order valence-corrected chi connectivity index (χ4v) is 2.66. The first kappa shape index (κ1) is 13.3. The maximum Gasteiger partial charge on any atom is 0.127 e. The summed E-state index contributed by atoms with van der Waals surface area (Å²) in [4.78, 5) is 0. The van der Waals surface area contributed by atoms with E-state index in [4.69, 9.17) is 10.2 Å². The van der Waals surface area contributed by atoms with Crippen molar-refractivity contribution in [3.8, 4) is 0 Å². The Labute approximate surface area is 120 Å². The molecule has 0 amide bonds. The van der Waals surface area contributed by atoms with E-state index in [-0.39, 0.29) is 6.04 Å². The summed E-state index contributed by atoms with van der Waals surface area (Å²) in [5.74, 6) is 3.41. The third kappa shape index (κ3) is 2.73. The van der Waals surface area contributed by atoms with Gasteiger partial charge in [-0.2, -0.15) is 0 Å². The maximum atomic E-state index is 5.99. The highest BCUT2D eigenvalue weighted by molar-refractivity contribution is 5.47. The number of nitrogens with one attached hydrogen (secondary N) is 1. The van der Waals surface area contributed by atoms with Gasteiger partial charge in [0.05, 0.1) is 6.04 Å². The SMILES string of the molecule is Cc1cccc(NC(CN)c2ccc(C3CC3C)o2)c1. The zero-order valence-corrected chi connectivity index (χ0v) is 12.1. The molecule has 0 spiro atoms. The molecule has 1 aliphatic carbocycles. The quantitative estimate of drug-likeness (QED) is 0.868. The van der Waals surface area contributed by atoms with Crippen LogP contribution in [0.25, 0.3) is 0 Å². The predicted octanol–water partition coefficient (Wildman–Crippen LogP) is 3.82. The lowest BCUT2D eigenvalue weighted by atomic mass is 10.1. The van der Waals surface area contributed by atoms with Crippen molar-refractivity contribution in [3.05, 3.63) is 53.5 Å². The van der Waals surface area contributed by atoms with Gasteiger partial charge in [0.1, 0.15) is 11.5 Å². The first-order valence-electron chi connectivity index (χ1n) is 7.30. The summed E-state index contributed by atoms with van der Waals surface area (Å²) in [6, 6.07) is 12.5. The van der Waals surface area contributed by atoms with E-state index in [0.29, 0.717) is 12.5 Å². The van der Waals surface area contributed by atoms with Crippen LogP contribution in [-0.2, 0) is 0 Å². The predicted molar refractivity (Wildman–Crippen MR) is 81.8 cm³/mol. The molecule has 3 rings (SSSR count). The van der Waals surface area contributed by atoms with Crippen LogP contribution in [0.1, 0.15) is 42.4 Å². The highest BCUT2D eigenvalue weighted by Gasteiger charge is 2.36. The molecule has 1 aromatic heterocycles. The lowest BCUT2D eigenvalue weighted by Crippen LogP contribution is -2.20. The van der Waals surface area contributed by atoms with Crippen LogP contribution in [0.2, 0.25) is 0 Å². The molecule has 0 saturated heterocycles. The summed E-state index contributed by atoms with van der Waals surface area (Å²) in [5.41, 5.74) is 8.21. The smallest absolute Gasteiger partial charge is 0.127 e. The minimum atomic E-state index is 0.0274. The number of hydrogen-bond acceptors (Lipinski definition) is 3. The normalized spacial score (nSPS) is 22.6. The van der Waals surface area contributed by atoms with E-state index in [1.165, 1.54) is 12.0 Å². The molecule has 1 aromatic carbocycles. The first-order chi connectivity index (χ1) is 9.67. The number of rotatable bonds is 5. The largest absolute Gasteiger partial charge is 0.464 e. The van der Waals surface area contributed by atoms with Gasteiger partial charge < -0.3 is 15.5 Å². The summed E-state index contributed by atoms with van der Waals surface area (Å²) in [6.45, 7) is 4.86. The lowest BCUT2D eigenvalue weighted by molar-refractivity contribution is 0.441. The molecular weight excluding hydrogens is 248 g/mol. The van der Waals surface area contributed by atoms with Crippen molar-refractivity contribution in [2.45, 2.75) is 32.2 Å². The number of aryl methyl sites for hydroxylation is 1. The fraction of sp³-hybridized carbons (Fsp3) is 0.412. The number of benzene rings is 1. The molecule has 3 atom stereocenters. The third-order valence-corrected chi connectivity index (χ3v) is 4.06. The Hall–Kier alpha value is -1.74. The van der Waals surface area contributed by atoms with Crippen LogP contribution in [-0.4, -0.2) is 6.54 Å². The summed E-state index contributed by atoms with van der Waals surface area (Å²) >= 11 is 0. The highest BCUT2D eigenvalue weighted by Crippen LogP contribution is 2.47. The number of hydrogen-bond donors (Lipinski definition) is 2. The van der Waals surface area contributed by atoms with Crippen LogP contribution in [0.3, 0.4) is 0 Å². The molecule has 0 aliphatic heterocycles. The molecule has 1 heterocycles. The van der Waals surface area contributed by atoms with Crippen molar-refractivity contribution in [2.24, 2.45) is 11.7 Å². The Morgan fingerprint density at radius 2 is 2.15 bits per heavy atom. The van der Waals surface area contributed by atoms with Crippen LogP contribution in [0.4, 0.5) is 5.69 Å². The summed E-state index contributed by atoms with van der Waals surface area (Å²) in [7, 11) is 0. The summed E-state index contributed by atoms with van der Waals surface area (Å²) in [5, 5.41) is 3.45. The average molecular weight is 270 g/mol. The van der Waals surface area contributed by atoms with Gasteiger partial charge >= 0.3 is 0 Å². The topological polar surface area (TPSA) is 51.2 Å². The van der Waals surface area contributed by atoms with Crippen molar-refractivity contribution in [2.75, 3.05) is 11.9 Å². The van der Waals surface area contributed by atoms with Crippen molar-refractivity contribution in [3.63, 3.8) is 0 Å². The zero-order valence-electron chi connectivity index (χ0n) is 12.1. The van der Waals surface area contributed by atoms with Gasteiger partial charge in [0.2, 0.25) is 0 Å². The molecule has 3 N–H and O–H groups in total. The minimum absolute atomic E-state index is 0.0274. The van der Waals surface area contributed by atoms with Gasteiger partial charge in [-0.15, -0.1) is 0 Å². The first-order valence-corrected chi connectivity index (χ1v) is 7.30. The zero-order chi connectivity index (χ0) is 14.1. The van der Waals surface area contributed by atoms with E-state index in [1.54, 1.807) is 0 Å². The Balaban J connectivity index is 1.74. The second-order valence-electron chi connectivity index (χ2n) is 5.86. The van der Waals surface area contributed by atoms with Gasteiger partial charge in [-0.3, -0.25) is 0 Å². The molecule has 20 heavy (non-hydrogen) atoms.